The zero-order valence-corrected chi connectivity index (χ0v) is 21.6. The van der Waals surface area contributed by atoms with E-state index in [-0.39, 0.29) is 0 Å². The molecule has 1 atom stereocenters. The molecule has 0 radical (unpaired) electrons. The van der Waals surface area contributed by atoms with Crippen molar-refractivity contribution in [1.29, 1.82) is 0 Å². The van der Waals surface area contributed by atoms with Crippen molar-refractivity contribution >= 4 is 28.7 Å². The van der Waals surface area contributed by atoms with Gasteiger partial charge in [-0.3, -0.25) is 0 Å². The van der Waals surface area contributed by atoms with Gasteiger partial charge in [-0.25, -0.2) is 0 Å². The molecular formula is C28H32N2O4S. The minimum Gasteiger partial charge on any atom is -0.507 e. The number of nitrogens with one attached hydrogen (secondary N) is 2. The van der Waals surface area contributed by atoms with Crippen LogP contribution in [0.5, 0.6) is 23.0 Å². The lowest BCUT2D eigenvalue weighted by atomic mass is 9.87. The van der Waals surface area contributed by atoms with Crippen molar-refractivity contribution in [2.45, 2.75) is 46.1 Å². The number of aromatic hydroxyl groups is 1. The standard InChI is InChI=1S/C28H32N2O4S/c1-17-18(2)26-24(19(3)25(17)31)13-14-28(4,34-26)16-33-22-11-9-20(10-12-22)29-27(35)30-21-7-6-8-23(15-21)32-5/h6-12,15,31H,13-14,16H2,1-5H3,(H2,29,30,35). The van der Waals surface area contributed by atoms with Crippen LogP contribution >= 0.6 is 12.2 Å². The van der Waals surface area contributed by atoms with E-state index < -0.39 is 5.60 Å². The fraction of sp³-hybridized carbons (Fsp3) is 0.321. The monoisotopic (exact) mass is 492 g/mol. The Balaban J connectivity index is 1.35. The Kier molecular flexibility index (Phi) is 7.08. The summed E-state index contributed by atoms with van der Waals surface area (Å²) >= 11 is 5.42. The van der Waals surface area contributed by atoms with Crippen LogP contribution < -0.4 is 24.8 Å². The van der Waals surface area contributed by atoms with E-state index in [2.05, 4.69) is 17.6 Å². The van der Waals surface area contributed by atoms with Crippen molar-refractivity contribution in [3.8, 4) is 23.0 Å². The Hall–Kier alpha value is -3.45. The number of fused-ring (bicyclic) bond motifs is 1. The Morgan fingerprint density at radius 2 is 1.71 bits per heavy atom. The van der Waals surface area contributed by atoms with Crippen LogP contribution in [0.1, 0.15) is 35.6 Å². The van der Waals surface area contributed by atoms with Crippen LogP contribution in [0.25, 0.3) is 0 Å². The van der Waals surface area contributed by atoms with Gasteiger partial charge in [0.15, 0.2) is 5.11 Å². The molecule has 1 aliphatic heterocycles. The molecule has 0 saturated heterocycles. The van der Waals surface area contributed by atoms with Gasteiger partial charge < -0.3 is 30.0 Å². The zero-order chi connectivity index (χ0) is 25.2. The fourth-order valence-electron chi connectivity index (χ4n) is 4.26. The van der Waals surface area contributed by atoms with Gasteiger partial charge in [-0.1, -0.05) is 6.07 Å². The van der Waals surface area contributed by atoms with E-state index in [1.807, 2.05) is 69.3 Å². The third kappa shape index (κ3) is 5.46. The Morgan fingerprint density at radius 1 is 1.00 bits per heavy atom. The number of anilines is 2. The summed E-state index contributed by atoms with van der Waals surface area (Å²) in [6, 6.07) is 15.3. The molecule has 0 saturated carbocycles. The van der Waals surface area contributed by atoms with Crippen LogP contribution in [-0.2, 0) is 6.42 Å². The highest BCUT2D eigenvalue weighted by molar-refractivity contribution is 7.80. The molecule has 0 spiro atoms. The van der Waals surface area contributed by atoms with E-state index >= 15 is 0 Å². The molecule has 35 heavy (non-hydrogen) atoms. The summed E-state index contributed by atoms with van der Waals surface area (Å²) in [7, 11) is 1.63. The topological polar surface area (TPSA) is 72.0 Å². The number of phenolic OH excluding ortho intramolecular Hbond substituents is 1. The van der Waals surface area contributed by atoms with Crippen molar-refractivity contribution in [2.75, 3.05) is 24.4 Å². The van der Waals surface area contributed by atoms with Gasteiger partial charge in [0.05, 0.1) is 7.11 Å². The maximum absolute atomic E-state index is 10.4. The second kappa shape index (κ2) is 10.0. The first kappa shape index (κ1) is 24.7. The molecule has 4 rings (SSSR count). The van der Waals surface area contributed by atoms with Crippen LogP contribution in [0.15, 0.2) is 48.5 Å². The highest BCUT2D eigenvalue weighted by Gasteiger charge is 2.35. The normalized spacial score (nSPS) is 16.6. The van der Waals surface area contributed by atoms with Crippen molar-refractivity contribution in [1.82, 2.24) is 0 Å². The quantitative estimate of drug-likeness (QED) is 0.349. The fourth-order valence-corrected chi connectivity index (χ4v) is 4.50. The van der Waals surface area contributed by atoms with Crippen molar-refractivity contribution in [3.05, 3.63) is 70.8 Å². The summed E-state index contributed by atoms with van der Waals surface area (Å²) in [5.74, 6) is 2.77. The van der Waals surface area contributed by atoms with Gasteiger partial charge in [0.1, 0.15) is 35.2 Å². The molecule has 6 nitrogen and oxygen atoms in total. The Labute approximate surface area is 212 Å². The number of hydrogen-bond donors (Lipinski definition) is 3. The smallest absolute Gasteiger partial charge is 0.175 e. The largest absolute Gasteiger partial charge is 0.507 e. The molecule has 1 aliphatic rings. The molecular weight excluding hydrogens is 460 g/mol. The molecule has 3 aromatic rings. The maximum atomic E-state index is 10.4. The van der Waals surface area contributed by atoms with Gasteiger partial charge >= 0.3 is 0 Å². The Bertz CT molecular complexity index is 1240. The number of thiocarbonyl (C=S) groups is 1. The lowest BCUT2D eigenvalue weighted by Gasteiger charge is -2.37. The molecule has 3 aromatic carbocycles. The Morgan fingerprint density at radius 3 is 2.43 bits per heavy atom. The number of phenols is 1. The second-order valence-corrected chi connectivity index (χ2v) is 9.62. The van der Waals surface area contributed by atoms with Gasteiger partial charge in [-0.15, -0.1) is 0 Å². The first-order chi connectivity index (χ1) is 16.7. The molecule has 0 bridgehead atoms. The molecule has 3 N–H and O–H groups in total. The van der Waals surface area contributed by atoms with E-state index in [1.165, 1.54) is 0 Å². The number of methoxy groups -OCH3 is 1. The maximum Gasteiger partial charge on any atom is 0.175 e. The molecule has 1 unspecified atom stereocenters. The van der Waals surface area contributed by atoms with Crippen LogP contribution in [0.2, 0.25) is 0 Å². The van der Waals surface area contributed by atoms with E-state index in [9.17, 15) is 5.11 Å². The third-order valence-corrected chi connectivity index (χ3v) is 6.78. The number of benzene rings is 3. The lowest BCUT2D eigenvalue weighted by Crippen LogP contribution is -2.42. The van der Waals surface area contributed by atoms with E-state index in [0.717, 1.165) is 63.7 Å². The van der Waals surface area contributed by atoms with E-state index in [1.54, 1.807) is 7.11 Å². The minimum atomic E-state index is -0.452. The van der Waals surface area contributed by atoms with Crippen molar-refractivity contribution in [2.24, 2.45) is 0 Å². The first-order valence-electron chi connectivity index (χ1n) is 11.6. The summed E-state index contributed by atoms with van der Waals surface area (Å²) < 4.78 is 17.8. The molecule has 0 aliphatic carbocycles. The van der Waals surface area contributed by atoms with Crippen LogP contribution in [0.3, 0.4) is 0 Å². The third-order valence-electron chi connectivity index (χ3n) is 6.58. The van der Waals surface area contributed by atoms with Gasteiger partial charge in [-0.05, 0) is 106 Å². The summed E-state index contributed by atoms with van der Waals surface area (Å²) in [5, 5.41) is 17.2. The second-order valence-electron chi connectivity index (χ2n) is 9.21. The molecule has 7 heteroatoms. The summed E-state index contributed by atoms with van der Waals surface area (Å²) in [5.41, 5.74) is 5.11. The number of ether oxygens (including phenoxy) is 3. The highest BCUT2D eigenvalue weighted by Crippen LogP contribution is 2.43. The van der Waals surface area contributed by atoms with Crippen molar-refractivity contribution < 1.29 is 19.3 Å². The molecule has 0 fully saturated rings. The van der Waals surface area contributed by atoms with Gasteiger partial charge in [0, 0.05) is 23.0 Å². The summed E-state index contributed by atoms with van der Waals surface area (Å²) in [4.78, 5) is 0. The minimum absolute atomic E-state index is 0.372. The average Bonchev–Trinajstić information content (AvgIpc) is 2.86. The van der Waals surface area contributed by atoms with Crippen LogP contribution in [0, 0.1) is 20.8 Å². The lowest BCUT2D eigenvalue weighted by molar-refractivity contribution is 0.0166. The number of hydrogen-bond acceptors (Lipinski definition) is 5. The molecule has 0 aromatic heterocycles. The SMILES string of the molecule is COc1cccc(NC(=S)Nc2ccc(OCC3(C)CCc4c(C)c(O)c(C)c(C)c4O3)cc2)c1. The van der Waals surface area contributed by atoms with E-state index in [4.69, 9.17) is 26.4 Å². The average molecular weight is 493 g/mol. The highest BCUT2D eigenvalue weighted by atomic mass is 32.1. The molecule has 1 heterocycles. The van der Waals surface area contributed by atoms with Crippen LogP contribution in [0.4, 0.5) is 11.4 Å². The first-order valence-corrected chi connectivity index (χ1v) is 12.1. The van der Waals surface area contributed by atoms with Gasteiger partial charge in [-0.2, -0.15) is 0 Å². The predicted molar refractivity (Wildman–Crippen MR) is 144 cm³/mol. The van der Waals surface area contributed by atoms with Gasteiger partial charge in [0.25, 0.3) is 0 Å². The van der Waals surface area contributed by atoms with Crippen molar-refractivity contribution in [3.63, 3.8) is 0 Å². The predicted octanol–water partition coefficient (Wildman–Crippen LogP) is 6.30. The zero-order valence-electron chi connectivity index (χ0n) is 20.8. The number of rotatable bonds is 6. The molecule has 184 valence electrons. The summed E-state index contributed by atoms with van der Waals surface area (Å²) in [6.07, 6.45) is 1.66. The molecule has 0 amide bonds. The van der Waals surface area contributed by atoms with E-state index in [0.29, 0.717) is 17.5 Å². The van der Waals surface area contributed by atoms with Gasteiger partial charge in [0.2, 0.25) is 0 Å². The summed E-state index contributed by atoms with van der Waals surface area (Å²) in [6.45, 7) is 8.38. The van der Waals surface area contributed by atoms with Crippen LogP contribution in [-0.4, -0.2) is 29.5 Å².